The number of hydrogen-bond acceptors (Lipinski definition) is 4. The van der Waals surface area contributed by atoms with Crippen LogP contribution in [0.2, 0.25) is 0 Å². The van der Waals surface area contributed by atoms with Gasteiger partial charge in [0.25, 0.3) is 0 Å². The average molecular weight is 372 g/mol. The molecule has 0 aliphatic carbocycles. The van der Waals surface area contributed by atoms with Crippen molar-refractivity contribution < 1.29 is 23.8 Å². The fraction of sp³-hybridized carbons (Fsp3) is 0.318. The maximum atomic E-state index is 14.6. The predicted molar refractivity (Wildman–Crippen MR) is 103 cm³/mol. The summed E-state index contributed by atoms with van der Waals surface area (Å²) in [5.41, 5.74) is 2.97. The zero-order chi connectivity index (χ0) is 19.8. The van der Waals surface area contributed by atoms with Crippen molar-refractivity contribution in [1.29, 1.82) is 0 Å². The second-order valence-corrected chi connectivity index (χ2v) is 6.32. The molecule has 0 bridgehead atoms. The van der Waals surface area contributed by atoms with E-state index in [1.54, 1.807) is 37.3 Å². The van der Waals surface area contributed by atoms with Gasteiger partial charge in [-0.1, -0.05) is 38.1 Å². The third-order valence-electron chi connectivity index (χ3n) is 4.00. The Bertz CT molecular complexity index is 814. The Morgan fingerprint density at radius 2 is 2.00 bits per heavy atom. The van der Waals surface area contributed by atoms with Crippen LogP contribution in [0.15, 0.2) is 48.6 Å². The summed E-state index contributed by atoms with van der Waals surface area (Å²) >= 11 is 0. The lowest BCUT2D eigenvalue weighted by atomic mass is 9.99. The van der Waals surface area contributed by atoms with E-state index in [1.807, 2.05) is 6.07 Å². The minimum Gasteiger partial charge on any atom is -0.491 e. The van der Waals surface area contributed by atoms with Crippen molar-refractivity contribution in [2.24, 2.45) is 0 Å². The van der Waals surface area contributed by atoms with Crippen LogP contribution >= 0.6 is 0 Å². The molecule has 0 atom stereocenters. The molecule has 0 saturated carbocycles. The first-order valence-electron chi connectivity index (χ1n) is 8.94. The summed E-state index contributed by atoms with van der Waals surface area (Å²) in [6, 6.07) is 10.4. The minimum absolute atomic E-state index is 0.0319. The van der Waals surface area contributed by atoms with Crippen LogP contribution in [0, 0.1) is 5.82 Å². The lowest BCUT2D eigenvalue weighted by molar-refractivity contribution is -0.140. The van der Waals surface area contributed by atoms with E-state index >= 15 is 0 Å². The predicted octanol–water partition coefficient (Wildman–Crippen LogP) is 4.44. The first-order valence-corrected chi connectivity index (χ1v) is 8.94. The van der Waals surface area contributed by atoms with Gasteiger partial charge in [-0.25, -0.2) is 9.18 Å². The number of esters is 1. The largest absolute Gasteiger partial charge is 0.491 e. The van der Waals surface area contributed by atoms with Crippen molar-refractivity contribution in [1.82, 2.24) is 0 Å². The maximum Gasteiger partial charge on any atom is 0.333 e. The third kappa shape index (κ3) is 5.66. The van der Waals surface area contributed by atoms with Gasteiger partial charge in [0, 0.05) is 16.7 Å². The molecule has 2 rings (SSSR count). The summed E-state index contributed by atoms with van der Waals surface area (Å²) in [6.07, 6.45) is 1.78. The van der Waals surface area contributed by atoms with Gasteiger partial charge in [-0.15, -0.1) is 0 Å². The minimum atomic E-state index is -0.511. The molecule has 2 aromatic rings. The fourth-order valence-corrected chi connectivity index (χ4v) is 2.66. The highest BCUT2D eigenvalue weighted by Crippen LogP contribution is 2.30. The highest BCUT2D eigenvalue weighted by molar-refractivity contribution is 5.87. The van der Waals surface area contributed by atoms with Crippen LogP contribution in [-0.2, 0) is 22.6 Å². The summed E-state index contributed by atoms with van der Waals surface area (Å²) in [7, 11) is 0. The van der Waals surface area contributed by atoms with Crippen LogP contribution < -0.4 is 4.74 Å². The fourth-order valence-electron chi connectivity index (χ4n) is 2.66. The zero-order valence-electron chi connectivity index (χ0n) is 15.8. The van der Waals surface area contributed by atoms with Crippen molar-refractivity contribution in [3.63, 3.8) is 0 Å². The van der Waals surface area contributed by atoms with Gasteiger partial charge in [0.15, 0.2) is 0 Å². The summed E-state index contributed by atoms with van der Waals surface area (Å²) in [5.74, 6) is -0.330. The lowest BCUT2D eigenvalue weighted by Crippen LogP contribution is -2.08. The molecule has 0 saturated heterocycles. The van der Waals surface area contributed by atoms with Gasteiger partial charge >= 0.3 is 5.97 Å². The van der Waals surface area contributed by atoms with Gasteiger partial charge < -0.3 is 14.6 Å². The lowest BCUT2D eigenvalue weighted by Gasteiger charge is -2.14. The van der Waals surface area contributed by atoms with Gasteiger partial charge in [-0.3, -0.25) is 0 Å². The van der Waals surface area contributed by atoms with E-state index in [-0.39, 0.29) is 25.6 Å². The SMILES string of the molecule is C=C(C)C(=O)OCc1cc(-c2ccc(CCC)cc2F)ccc1OCCO. The summed E-state index contributed by atoms with van der Waals surface area (Å²) in [5, 5.41) is 8.98. The number of rotatable bonds is 9. The molecule has 0 amide bonds. The number of carbonyl (C=O) groups is 1. The van der Waals surface area contributed by atoms with Crippen LogP contribution in [0.4, 0.5) is 4.39 Å². The van der Waals surface area contributed by atoms with Crippen LogP contribution in [-0.4, -0.2) is 24.3 Å². The Kier molecular flexibility index (Phi) is 7.55. The number of aliphatic hydroxyl groups is 1. The van der Waals surface area contributed by atoms with Crippen molar-refractivity contribution in [3.05, 3.63) is 65.5 Å². The van der Waals surface area contributed by atoms with Crippen LogP contribution in [0.5, 0.6) is 5.75 Å². The van der Waals surface area contributed by atoms with Crippen molar-refractivity contribution >= 4 is 5.97 Å². The molecular formula is C22H25FO4. The van der Waals surface area contributed by atoms with Gasteiger partial charge in [0.05, 0.1) is 6.61 Å². The van der Waals surface area contributed by atoms with Crippen molar-refractivity contribution in [3.8, 4) is 16.9 Å². The van der Waals surface area contributed by atoms with E-state index in [4.69, 9.17) is 14.6 Å². The molecule has 5 heteroatoms. The molecule has 0 heterocycles. The van der Waals surface area contributed by atoms with Crippen LogP contribution in [0.1, 0.15) is 31.4 Å². The Balaban J connectivity index is 2.33. The molecule has 0 fully saturated rings. The molecule has 0 aromatic heterocycles. The molecule has 1 N–H and O–H groups in total. The number of benzene rings is 2. The van der Waals surface area contributed by atoms with E-state index in [2.05, 4.69) is 13.5 Å². The highest BCUT2D eigenvalue weighted by Gasteiger charge is 2.13. The smallest absolute Gasteiger partial charge is 0.333 e. The van der Waals surface area contributed by atoms with Crippen molar-refractivity contribution in [2.75, 3.05) is 13.2 Å². The van der Waals surface area contributed by atoms with Gasteiger partial charge in [0.1, 0.15) is 24.8 Å². The number of hydrogen-bond donors (Lipinski definition) is 1. The molecule has 0 radical (unpaired) electrons. The molecule has 0 aliphatic rings. The van der Waals surface area contributed by atoms with E-state index in [0.29, 0.717) is 28.0 Å². The summed E-state index contributed by atoms with van der Waals surface area (Å²) in [6.45, 7) is 7.11. The zero-order valence-corrected chi connectivity index (χ0v) is 15.8. The van der Waals surface area contributed by atoms with E-state index in [0.717, 1.165) is 18.4 Å². The molecular weight excluding hydrogens is 347 g/mol. The molecule has 2 aromatic carbocycles. The Hall–Kier alpha value is -2.66. The van der Waals surface area contributed by atoms with E-state index in [9.17, 15) is 9.18 Å². The van der Waals surface area contributed by atoms with Crippen LogP contribution in [0.25, 0.3) is 11.1 Å². The summed E-state index contributed by atoms with van der Waals surface area (Å²) < 4.78 is 25.3. The Labute approximate surface area is 159 Å². The van der Waals surface area contributed by atoms with Crippen LogP contribution in [0.3, 0.4) is 0 Å². The second kappa shape index (κ2) is 9.88. The number of carbonyl (C=O) groups excluding carboxylic acids is 1. The number of aliphatic hydroxyl groups excluding tert-OH is 1. The normalized spacial score (nSPS) is 10.5. The van der Waals surface area contributed by atoms with Gasteiger partial charge in [-0.05, 0) is 42.7 Å². The van der Waals surface area contributed by atoms with Crippen molar-refractivity contribution in [2.45, 2.75) is 33.3 Å². The second-order valence-electron chi connectivity index (χ2n) is 6.32. The van der Waals surface area contributed by atoms with Gasteiger partial charge in [-0.2, -0.15) is 0 Å². The first-order chi connectivity index (χ1) is 13.0. The highest BCUT2D eigenvalue weighted by atomic mass is 19.1. The monoisotopic (exact) mass is 372 g/mol. The maximum absolute atomic E-state index is 14.6. The molecule has 0 unspecified atom stereocenters. The van der Waals surface area contributed by atoms with Gasteiger partial charge in [0.2, 0.25) is 0 Å². The molecule has 27 heavy (non-hydrogen) atoms. The van der Waals surface area contributed by atoms with E-state index < -0.39 is 5.97 Å². The average Bonchev–Trinajstić information content (AvgIpc) is 2.65. The first kappa shape index (κ1) is 20.6. The Morgan fingerprint density at radius 3 is 2.63 bits per heavy atom. The quantitative estimate of drug-likeness (QED) is 0.522. The molecule has 144 valence electrons. The molecule has 4 nitrogen and oxygen atoms in total. The Morgan fingerprint density at radius 1 is 1.22 bits per heavy atom. The number of ether oxygens (including phenoxy) is 2. The number of aryl methyl sites for hydroxylation is 1. The molecule has 0 spiro atoms. The topological polar surface area (TPSA) is 55.8 Å². The summed E-state index contributed by atoms with van der Waals surface area (Å²) in [4.78, 5) is 11.7. The molecule has 0 aliphatic heterocycles. The standard InChI is InChI=1S/C22H25FO4/c1-4-5-16-6-8-19(20(23)12-16)17-7-9-21(26-11-10-24)18(13-17)14-27-22(25)15(2)3/h6-9,12-13,24H,2,4-5,10-11,14H2,1,3H3. The third-order valence-corrected chi connectivity index (χ3v) is 4.00. The number of halogens is 1. The van der Waals surface area contributed by atoms with E-state index in [1.165, 1.54) is 0 Å².